The van der Waals surface area contributed by atoms with Gasteiger partial charge in [0.05, 0.1) is 23.2 Å². The normalized spacial score (nSPS) is 23.0. The molecule has 8 nitrogen and oxygen atoms in total. The van der Waals surface area contributed by atoms with Crippen molar-refractivity contribution in [3.05, 3.63) is 36.5 Å². The highest BCUT2D eigenvalue weighted by molar-refractivity contribution is 7.90. The molecule has 34 heavy (non-hydrogen) atoms. The Morgan fingerprint density at radius 2 is 1.53 bits per heavy atom. The minimum atomic E-state index is -3.19. The molecule has 1 saturated carbocycles. The molecule has 0 atom stereocenters. The third-order valence-electron chi connectivity index (χ3n) is 6.48. The Kier molecular flexibility index (Phi) is 8.65. The first-order valence-corrected chi connectivity index (χ1v) is 13.9. The van der Waals surface area contributed by atoms with Gasteiger partial charge in [0.25, 0.3) is 0 Å². The smallest absolute Gasteiger partial charge is 0.311 e. The predicted molar refractivity (Wildman–Crippen MR) is 133 cm³/mol. The lowest BCUT2D eigenvalue weighted by Crippen LogP contribution is -2.44. The van der Waals surface area contributed by atoms with Crippen molar-refractivity contribution in [3.63, 3.8) is 0 Å². The second-order valence-corrected chi connectivity index (χ2v) is 12.3. The van der Waals surface area contributed by atoms with Crippen molar-refractivity contribution in [2.24, 2.45) is 16.3 Å². The van der Waals surface area contributed by atoms with Crippen LogP contribution in [0.5, 0.6) is 5.75 Å². The number of hydrogen-bond donors (Lipinski definition) is 1. The molecule has 2 N–H and O–H groups in total. The first-order valence-electron chi connectivity index (χ1n) is 12.0. The fraction of sp³-hybridized carbons (Fsp3) is 0.640. The molecule has 0 aromatic heterocycles. The average molecular weight is 494 g/mol. The van der Waals surface area contributed by atoms with E-state index in [9.17, 15) is 8.42 Å². The van der Waals surface area contributed by atoms with E-state index in [-0.39, 0.29) is 23.7 Å². The van der Waals surface area contributed by atoms with Gasteiger partial charge < -0.3 is 19.2 Å². The average Bonchev–Trinajstić information content (AvgIpc) is 2.78. The van der Waals surface area contributed by atoms with E-state index in [0.717, 1.165) is 57.3 Å². The van der Waals surface area contributed by atoms with Gasteiger partial charge in [-0.05, 0) is 62.8 Å². The Labute approximate surface area is 204 Å². The number of rotatable bonds is 6. The summed E-state index contributed by atoms with van der Waals surface area (Å²) >= 11 is 0. The molecule has 0 spiro atoms. The molecule has 0 bridgehead atoms. The van der Waals surface area contributed by atoms with Crippen LogP contribution in [0.15, 0.2) is 46.4 Å². The van der Waals surface area contributed by atoms with Crippen LogP contribution in [0.1, 0.15) is 59.3 Å². The van der Waals surface area contributed by atoms with Crippen molar-refractivity contribution in [1.82, 2.24) is 4.90 Å². The van der Waals surface area contributed by atoms with Gasteiger partial charge in [0.2, 0.25) is 0 Å². The number of hydrogen-bond acceptors (Lipinski definition) is 7. The molecule has 2 aliphatic rings. The van der Waals surface area contributed by atoms with Crippen molar-refractivity contribution in [2.45, 2.75) is 82.5 Å². The van der Waals surface area contributed by atoms with Crippen molar-refractivity contribution >= 4 is 15.9 Å². The van der Waals surface area contributed by atoms with E-state index < -0.39 is 9.84 Å². The third kappa shape index (κ3) is 7.45. The summed E-state index contributed by atoms with van der Waals surface area (Å²) in [5.74, 6) is 6.20. The summed E-state index contributed by atoms with van der Waals surface area (Å²) < 4.78 is 35.7. The van der Waals surface area contributed by atoms with Gasteiger partial charge in [-0.1, -0.05) is 27.4 Å². The SMILES string of the molecule is C=C(N=C(ON)N1CCC(OC2CCC(Oc3ccc(S(C)(=O)=O)cc3)CC2)CC1)C(C)(C)C. The first kappa shape index (κ1) is 26.5. The molecule has 0 radical (unpaired) electrons. The molecule has 1 aliphatic carbocycles. The zero-order valence-electron chi connectivity index (χ0n) is 20.8. The van der Waals surface area contributed by atoms with Crippen LogP contribution in [0, 0.1) is 5.41 Å². The number of benzene rings is 1. The summed E-state index contributed by atoms with van der Waals surface area (Å²) in [6.07, 6.45) is 7.33. The Balaban J connectivity index is 1.41. The van der Waals surface area contributed by atoms with E-state index in [2.05, 4.69) is 37.2 Å². The molecular formula is C25H39N3O5S. The van der Waals surface area contributed by atoms with Crippen LogP contribution < -0.4 is 10.6 Å². The lowest BCUT2D eigenvalue weighted by Gasteiger charge is -2.36. The largest absolute Gasteiger partial charge is 0.490 e. The maximum absolute atomic E-state index is 11.6. The van der Waals surface area contributed by atoms with E-state index in [1.54, 1.807) is 24.3 Å². The van der Waals surface area contributed by atoms with Crippen LogP contribution in [-0.2, 0) is 19.4 Å². The summed E-state index contributed by atoms with van der Waals surface area (Å²) in [7, 11) is -3.19. The third-order valence-corrected chi connectivity index (χ3v) is 7.60. The van der Waals surface area contributed by atoms with E-state index in [4.69, 9.17) is 20.2 Å². The number of likely N-dealkylation sites (tertiary alicyclic amines) is 1. The molecule has 1 saturated heterocycles. The molecule has 9 heteroatoms. The lowest BCUT2D eigenvalue weighted by molar-refractivity contribution is -0.0627. The van der Waals surface area contributed by atoms with Crippen molar-refractivity contribution in [1.29, 1.82) is 0 Å². The minimum Gasteiger partial charge on any atom is -0.490 e. The van der Waals surface area contributed by atoms with Gasteiger partial charge in [0.1, 0.15) is 5.75 Å². The first-order chi connectivity index (χ1) is 16.0. The standard InChI is InChI=1S/C25H39N3O5S/c1-18(25(2,3)4)27-24(33-26)28-16-14-22(15-17-28)32-20-8-6-19(7-9-20)31-21-10-12-23(13-11-21)34(5,29)30/h10-13,19-20,22H,1,6-9,14-17,26H2,2-5H3. The maximum Gasteiger partial charge on any atom is 0.311 e. The number of aliphatic imine (C=N–C) groups is 1. The fourth-order valence-corrected chi connectivity index (χ4v) is 4.78. The Morgan fingerprint density at radius 3 is 2.03 bits per heavy atom. The second-order valence-electron chi connectivity index (χ2n) is 10.3. The monoisotopic (exact) mass is 493 g/mol. The van der Waals surface area contributed by atoms with Crippen LogP contribution in [0.2, 0.25) is 0 Å². The van der Waals surface area contributed by atoms with Gasteiger partial charge in [0.15, 0.2) is 9.84 Å². The van der Waals surface area contributed by atoms with Crippen molar-refractivity contribution < 1.29 is 22.7 Å². The number of sulfone groups is 1. The Hall–Kier alpha value is -2.10. The van der Waals surface area contributed by atoms with Gasteiger partial charge in [-0.3, -0.25) is 0 Å². The van der Waals surface area contributed by atoms with Crippen LogP contribution in [0.25, 0.3) is 0 Å². The van der Waals surface area contributed by atoms with Crippen molar-refractivity contribution in [3.8, 4) is 5.75 Å². The predicted octanol–water partition coefficient (Wildman–Crippen LogP) is 4.07. The maximum atomic E-state index is 11.6. The topological polar surface area (TPSA) is 103 Å². The van der Waals surface area contributed by atoms with Gasteiger partial charge >= 0.3 is 6.02 Å². The lowest BCUT2D eigenvalue weighted by atomic mass is 9.93. The molecule has 3 rings (SSSR count). The molecule has 0 unspecified atom stereocenters. The molecule has 1 aliphatic heterocycles. The number of allylic oxidation sites excluding steroid dienone is 1. The highest BCUT2D eigenvalue weighted by Crippen LogP contribution is 2.29. The van der Waals surface area contributed by atoms with Crippen LogP contribution in [-0.4, -0.2) is 57.0 Å². The van der Waals surface area contributed by atoms with E-state index in [0.29, 0.717) is 16.7 Å². The molecule has 190 valence electrons. The summed E-state index contributed by atoms with van der Waals surface area (Å²) in [4.78, 5) is 11.9. The number of nitrogens with two attached hydrogens (primary N) is 1. The summed E-state index contributed by atoms with van der Waals surface area (Å²) in [6, 6.07) is 7.06. The van der Waals surface area contributed by atoms with Gasteiger partial charge in [-0.15, -0.1) is 0 Å². The van der Waals surface area contributed by atoms with Crippen molar-refractivity contribution in [2.75, 3.05) is 19.3 Å². The highest BCUT2D eigenvalue weighted by Gasteiger charge is 2.29. The van der Waals surface area contributed by atoms with E-state index >= 15 is 0 Å². The van der Waals surface area contributed by atoms with E-state index in [1.807, 2.05) is 0 Å². The molecule has 1 aromatic rings. The number of nitrogens with zero attached hydrogens (tertiary/aromatic N) is 2. The minimum absolute atomic E-state index is 0.127. The second kappa shape index (κ2) is 11.1. The van der Waals surface area contributed by atoms with E-state index in [1.165, 1.54) is 6.26 Å². The Morgan fingerprint density at radius 1 is 1.00 bits per heavy atom. The zero-order chi connectivity index (χ0) is 24.9. The van der Waals surface area contributed by atoms with Crippen LogP contribution >= 0.6 is 0 Å². The fourth-order valence-electron chi connectivity index (χ4n) is 4.15. The summed E-state index contributed by atoms with van der Waals surface area (Å²) in [5.41, 5.74) is 0.588. The van der Waals surface area contributed by atoms with Gasteiger partial charge in [-0.2, -0.15) is 5.90 Å². The number of amidine groups is 1. The Bertz CT molecular complexity index is 953. The molecular weight excluding hydrogens is 454 g/mol. The quantitative estimate of drug-likeness (QED) is 0.362. The molecule has 2 fully saturated rings. The number of piperidine rings is 1. The summed E-state index contributed by atoms with van der Waals surface area (Å²) in [6.45, 7) is 11.8. The summed E-state index contributed by atoms with van der Waals surface area (Å²) in [5, 5.41) is 0. The zero-order valence-corrected chi connectivity index (χ0v) is 21.6. The van der Waals surface area contributed by atoms with Gasteiger partial charge in [0, 0.05) is 30.5 Å². The van der Waals surface area contributed by atoms with Crippen LogP contribution in [0.3, 0.4) is 0 Å². The van der Waals surface area contributed by atoms with Crippen LogP contribution in [0.4, 0.5) is 0 Å². The molecule has 0 amide bonds. The van der Waals surface area contributed by atoms with Gasteiger partial charge in [-0.25, -0.2) is 13.4 Å². The molecule has 1 heterocycles. The highest BCUT2D eigenvalue weighted by atomic mass is 32.2. The number of ether oxygens (including phenoxy) is 2. The molecule has 1 aromatic carbocycles.